The number of rotatable bonds is 2. The van der Waals surface area contributed by atoms with E-state index < -0.39 is 11.7 Å². The van der Waals surface area contributed by atoms with Crippen LogP contribution in [0.5, 0.6) is 0 Å². The number of nitriles is 1. The first-order valence-corrected chi connectivity index (χ1v) is 4.51. The lowest BCUT2D eigenvalue weighted by atomic mass is 10.2. The lowest BCUT2D eigenvalue weighted by molar-refractivity contribution is 0.0807. The highest BCUT2D eigenvalue weighted by Crippen LogP contribution is 2.16. The van der Waals surface area contributed by atoms with Crippen LogP contribution in [0.3, 0.4) is 0 Å². The maximum Gasteiger partial charge on any atom is 0.257 e. The molecule has 0 fully saturated rings. The largest absolute Gasteiger partial charge is 0.328 e. The number of carbonyl (C=O) groups excluding carboxylic acids is 1. The van der Waals surface area contributed by atoms with Gasteiger partial charge >= 0.3 is 0 Å². The van der Waals surface area contributed by atoms with Gasteiger partial charge in [0, 0.05) is 12.1 Å². The number of carbonyl (C=O) groups is 1. The Morgan fingerprint density at radius 2 is 2.33 bits per heavy atom. The predicted molar refractivity (Wildman–Crippen MR) is 54.0 cm³/mol. The van der Waals surface area contributed by atoms with Crippen molar-refractivity contribution in [3.05, 3.63) is 34.6 Å². The van der Waals surface area contributed by atoms with E-state index in [2.05, 4.69) is 0 Å². The molecule has 0 spiro atoms. The molecule has 1 rings (SSSR count). The minimum absolute atomic E-state index is 0.0925. The summed E-state index contributed by atoms with van der Waals surface area (Å²) in [6.45, 7) is -0.0925. The molecule has 1 aromatic rings. The van der Waals surface area contributed by atoms with Crippen LogP contribution < -0.4 is 0 Å². The second-order valence-corrected chi connectivity index (χ2v) is 3.38. The van der Waals surface area contributed by atoms with Crippen LogP contribution in [0.25, 0.3) is 0 Å². The molecule has 0 aliphatic carbocycles. The molecule has 0 saturated heterocycles. The zero-order chi connectivity index (χ0) is 11.4. The van der Waals surface area contributed by atoms with Crippen molar-refractivity contribution in [2.75, 3.05) is 13.6 Å². The van der Waals surface area contributed by atoms with Crippen LogP contribution in [-0.4, -0.2) is 24.4 Å². The Hall–Kier alpha value is -1.60. The van der Waals surface area contributed by atoms with Crippen LogP contribution >= 0.6 is 11.6 Å². The molecule has 0 aliphatic heterocycles. The molecule has 1 aromatic carbocycles. The second kappa shape index (κ2) is 4.76. The Kier molecular flexibility index (Phi) is 3.64. The van der Waals surface area contributed by atoms with Gasteiger partial charge in [-0.15, -0.1) is 0 Å². The molecule has 0 N–H and O–H groups in total. The quantitative estimate of drug-likeness (QED) is 0.725. The Bertz CT molecular complexity index is 428. The molecular weight excluding hydrogens is 219 g/mol. The second-order valence-electron chi connectivity index (χ2n) is 2.94. The molecule has 0 aliphatic rings. The molecular formula is C10H8ClFN2O. The monoisotopic (exact) mass is 226 g/mol. The van der Waals surface area contributed by atoms with Gasteiger partial charge in [-0.2, -0.15) is 5.26 Å². The molecule has 78 valence electrons. The highest BCUT2D eigenvalue weighted by molar-refractivity contribution is 6.30. The van der Waals surface area contributed by atoms with E-state index in [-0.39, 0.29) is 17.1 Å². The summed E-state index contributed by atoms with van der Waals surface area (Å²) in [4.78, 5) is 12.7. The summed E-state index contributed by atoms with van der Waals surface area (Å²) in [5, 5.41) is 8.68. The summed E-state index contributed by atoms with van der Waals surface area (Å²) < 4.78 is 13.2. The molecule has 3 nitrogen and oxygen atoms in total. The molecule has 0 atom stereocenters. The van der Waals surface area contributed by atoms with Gasteiger partial charge in [0.2, 0.25) is 0 Å². The van der Waals surface area contributed by atoms with Crippen LogP contribution in [0, 0.1) is 17.1 Å². The van der Waals surface area contributed by atoms with Crippen LogP contribution in [0.2, 0.25) is 5.02 Å². The first-order chi connectivity index (χ1) is 7.06. The third-order valence-corrected chi connectivity index (χ3v) is 2.05. The van der Waals surface area contributed by atoms with E-state index in [0.717, 1.165) is 11.0 Å². The van der Waals surface area contributed by atoms with Crippen molar-refractivity contribution in [1.29, 1.82) is 5.26 Å². The van der Waals surface area contributed by atoms with Crippen LogP contribution in [0.15, 0.2) is 18.2 Å². The average Bonchev–Trinajstić information content (AvgIpc) is 2.21. The maximum absolute atomic E-state index is 13.2. The van der Waals surface area contributed by atoms with E-state index in [0.29, 0.717) is 0 Å². The third-order valence-electron chi connectivity index (χ3n) is 1.81. The van der Waals surface area contributed by atoms with E-state index in [4.69, 9.17) is 16.9 Å². The topological polar surface area (TPSA) is 44.1 Å². The Balaban J connectivity index is 3.01. The van der Waals surface area contributed by atoms with Crippen molar-refractivity contribution in [3.8, 4) is 6.07 Å². The van der Waals surface area contributed by atoms with Gasteiger partial charge in [0.25, 0.3) is 5.91 Å². The lowest BCUT2D eigenvalue weighted by Crippen LogP contribution is -2.27. The van der Waals surface area contributed by atoms with Gasteiger partial charge in [0.1, 0.15) is 12.4 Å². The van der Waals surface area contributed by atoms with Crippen molar-refractivity contribution >= 4 is 17.5 Å². The van der Waals surface area contributed by atoms with Gasteiger partial charge in [0.15, 0.2) is 0 Å². The first-order valence-electron chi connectivity index (χ1n) is 4.13. The van der Waals surface area contributed by atoms with E-state index in [1.54, 1.807) is 6.07 Å². The molecule has 5 heteroatoms. The Morgan fingerprint density at radius 1 is 1.67 bits per heavy atom. The van der Waals surface area contributed by atoms with Crippen LogP contribution in [-0.2, 0) is 0 Å². The Labute approximate surface area is 91.7 Å². The lowest BCUT2D eigenvalue weighted by Gasteiger charge is -2.13. The smallest absolute Gasteiger partial charge is 0.257 e. The van der Waals surface area contributed by atoms with Gasteiger partial charge in [-0.1, -0.05) is 11.6 Å². The van der Waals surface area contributed by atoms with Gasteiger partial charge < -0.3 is 4.90 Å². The summed E-state index contributed by atoms with van der Waals surface area (Å²) in [6.07, 6.45) is 0. The number of benzene rings is 1. The van der Waals surface area contributed by atoms with Gasteiger partial charge in [-0.25, -0.2) is 4.39 Å². The minimum Gasteiger partial charge on any atom is -0.328 e. The van der Waals surface area contributed by atoms with Crippen molar-refractivity contribution in [3.63, 3.8) is 0 Å². The number of amides is 1. The number of halogens is 2. The number of nitrogens with zero attached hydrogens (tertiary/aromatic N) is 2. The third kappa shape index (κ3) is 2.67. The van der Waals surface area contributed by atoms with Gasteiger partial charge in [-0.3, -0.25) is 4.79 Å². The highest BCUT2D eigenvalue weighted by Gasteiger charge is 2.15. The zero-order valence-electron chi connectivity index (χ0n) is 8.00. The van der Waals surface area contributed by atoms with E-state index in [9.17, 15) is 9.18 Å². The molecule has 0 unspecified atom stereocenters. The van der Waals surface area contributed by atoms with E-state index in [1.807, 2.05) is 0 Å². The van der Waals surface area contributed by atoms with Crippen molar-refractivity contribution in [2.24, 2.45) is 0 Å². The van der Waals surface area contributed by atoms with Gasteiger partial charge in [-0.05, 0) is 18.2 Å². The standard InChI is InChI=1S/C10H8ClFN2O/c1-14(5-4-13)10(15)8-6-7(11)2-3-9(8)12/h2-3,6H,5H2,1H3. The zero-order valence-corrected chi connectivity index (χ0v) is 8.75. The summed E-state index contributed by atoms with van der Waals surface area (Å²) >= 11 is 5.64. The fraction of sp³-hybridized carbons (Fsp3) is 0.200. The summed E-state index contributed by atoms with van der Waals surface area (Å²) in [5.41, 5.74) is -0.125. The molecule has 1 amide bonds. The first kappa shape index (κ1) is 11.5. The fourth-order valence-corrected chi connectivity index (χ4v) is 1.22. The molecule has 0 bridgehead atoms. The summed E-state index contributed by atoms with van der Waals surface area (Å²) in [7, 11) is 1.42. The highest BCUT2D eigenvalue weighted by atomic mass is 35.5. The van der Waals surface area contributed by atoms with E-state index in [1.165, 1.54) is 19.2 Å². The Morgan fingerprint density at radius 3 is 2.93 bits per heavy atom. The van der Waals surface area contributed by atoms with Crippen molar-refractivity contribution < 1.29 is 9.18 Å². The molecule has 15 heavy (non-hydrogen) atoms. The van der Waals surface area contributed by atoms with Gasteiger partial charge in [0.05, 0.1) is 11.6 Å². The number of hydrogen-bond acceptors (Lipinski definition) is 2. The molecule has 0 saturated carbocycles. The average molecular weight is 227 g/mol. The minimum atomic E-state index is -0.644. The molecule has 0 radical (unpaired) electrons. The summed E-state index contributed by atoms with van der Waals surface area (Å²) in [5.74, 6) is -1.20. The predicted octanol–water partition coefficient (Wildman–Crippen LogP) is 2.07. The van der Waals surface area contributed by atoms with Crippen molar-refractivity contribution in [2.45, 2.75) is 0 Å². The summed E-state index contributed by atoms with van der Waals surface area (Å²) in [6, 6.07) is 5.52. The maximum atomic E-state index is 13.2. The van der Waals surface area contributed by atoms with E-state index >= 15 is 0 Å². The fourth-order valence-electron chi connectivity index (χ4n) is 1.04. The number of hydrogen-bond donors (Lipinski definition) is 0. The molecule has 0 heterocycles. The van der Waals surface area contributed by atoms with Crippen LogP contribution in [0.1, 0.15) is 10.4 Å². The normalized spacial score (nSPS) is 9.47. The molecule has 0 aromatic heterocycles. The van der Waals surface area contributed by atoms with Crippen molar-refractivity contribution in [1.82, 2.24) is 4.90 Å². The SMILES string of the molecule is CN(CC#N)C(=O)c1cc(Cl)ccc1F. The van der Waals surface area contributed by atoms with Crippen LogP contribution in [0.4, 0.5) is 4.39 Å².